The fraction of sp³-hybridized carbons (Fsp3) is 0.474. The molecular weight excluding hydrogens is 300 g/mol. The van der Waals surface area contributed by atoms with Crippen LogP contribution in [0.1, 0.15) is 24.6 Å². The second-order valence-electron chi connectivity index (χ2n) is 6.27. The van der Waals surface area contributed by atoms with E-state index in [0.717, 1.165) is 56.6 Å². The van der Waals surface area contributed by atoms with Crippen molar-refractivity contribution >= 4 is 11.6 Å². The van der Waals surface area contributed by atoms with Crippen LogP contribution >= 0.6 is 0 Å². The Hall–Kier alpha value is -2.14. The minimum Gasteiger partial charge on any atom is -0.378 e. The summed E-state index contributed by atoms with van der Waals surface area (Å²) < 4.78 is 5.47. The van der Waals surface area contributed by atoms with Crippen LogP contribution in [0.25, 0.3) is 11.1 Å². The Labute approximate surface area is 144 Å². The van der Waals surface area contributed by atoms with Gasteiger partial charge in [0.1, 0.15) is 11.6 Å². The van der Waals surface area contributed by atoms with Gasteiger partial charge in [-0.25, -0.2) is 4.98 Å². The summed E-state index contributed by atoms with van der Waals surface area (Å²) in [5.74, 6) is 1.94. The second kappa shape index (κ2) is 7.62. The van der Waals surface area contributed by atoms with Gasteiger partial charge in [0, 0.05) is 37.1 Å². The van der Waals surface area contributed by atoms with E-state index >= 15 is 0 Å². The molecule has 0 spiro atoms. The fourth-order valence-electron chi connectivity index (χ4n) is 2.90. The molecule has 1 aliphatic rings. The summed E-state index contributed by atoms with van der Waals surface area (Å²) in [5, 5.41) is 3.43. The molecule has 0 bridgehead atoms. The number of hydrogen-bond acceptors (Lipinski definition) is 5. The van der Waals surface area contributed by atoms with E-state index in [1.54, 1.807) is 0 Å². The van der Waals surface area contributed by atoms with E-state index in [2.05, 4.69) is 54.2 Å². The standard InChI is InChI=1S/C19H26N4O/c1-4-5-20-18-11-16(17-10-14(2)13-21-15(17)3)12-19(22-18)23-6-8-24-9-7-23/h10-13H,4-9H2,1-3H3,(H,20,22). The van der Waals surface area contributed by atoms with Crippen molar-refractivity contribution in [1.82, 2.24) is 9.97 Å². The van der Waals surface area contributed by atoms with Crippen LogP contribution in [0.3, 0.4) is 0 Å². The highest BCUT2D eigenvalue weighted by Gasteiger charge is 2.15. The normalized spacial score (nSPS) is 14.7. The van der Waals surface area contributed by atoms with E-state index in [9.17, 15) is 0 Å². The molecule has 1 fully saturated rings. The molecule has 3 heterocycles. The summed E-state index contributed by atoms with van der Waals surface area (Å²) in [4.78, 5) is 11.6. The van der Waals surface area contributed by atoms with E-state index in [0.29, 0.717) is 0 Å². The molecule has 128 valence electrons. The molecule has 0 radical (unpaired) electrons. The first-order valence-corrected chi connectivity index (χ1v) is 8.69. The minimum atomic E-state index is 0.759. The van der Waals surface area contributed by atoms with Crippen molar-refractivity contribution < 1.29 is 4.74 Å². The molecule has 5 heteroatoms. The highest BCUT2D eigenvalue weighted by molar-refractivity contribution is 5.72. The van der Waals surface area contributed by atoms with Crippen LogP contribution < -0.4 is 10.2 Å². The minimum absolute atomic E-state index is 0.759. The third-order valence-corrected chi connectivity index (χ3v) is 4.24. The average Bonchev–Trinajstić information content (AvgIpc) is 2.62. The molecule has 1 aliphatic heterocycles. The van der Waals surface area contributed by atoms with Gasteiger partial charge in [0.25, 0.3) is 0 Å². The Morgan fingerprint density at radius 3 is 2.71 bits per heavy atom. The Morgan fingerprint density at radius 1 is 1.17 bits per heavy atom. The number of nitrogens with one attached hydrogen (secondary N) is 1. The SMILES string of the molecule is CCCNc1cc(-c2cc(C)cnc2C)cc(N2CCOCC2)n1. The molecular formula is C19H26N4O. The highest BCUT2D eigenvalue weighted by Crippen LogP contribution is 2.29. The van der Waals surface area contributed by atoms with Crippen LogP contribution in [0.5, 0.6) is 0 Å². The molecule has 2 aromatic heterocycles. The average molecular weight is 326 g/mol. The van der Waals surface area contributed by atoms with E-state index in [-0.39, 0.29) is 0 Å². The summed E-state index contributed by atoms with van der Waals surface area (Å²) in [7, 11) is 0. The number of nitrogens with zero attached hydrogens (tertiary/aromatic N) is 3. The van der Waals surface area contributed by atoms with Crippen molar-refractivity contribution in [2.75, 3.05) is 43.1 Å². The summed E-state index contributed by atoms with van der Waals surface area (Å²) in [6, 6.07) is 6.50. The molecule has 0 saturated carbocycles. The lowest BCUT2D eigenvalue weighted by molar-refractivity contribution is 0.122. The van der Waals surface area contributed by atoms with Crippen molar-refractivity contribution in [3.05, 3.63) is 35.7 Å². The van der Waals surface area contributed by atoms with Gasteiger partial charge in [0.05, 0.1) is 13.2 Å². The maximum absolute atomic E-state index is 5.47. The number of ether oxygens (including phenoxy) is 1. The quantitative estimate of drug-likeness (QED) is 0.912. The molecule has 2 aromatic rings. The smallest absolute Gasteiger partial charge is 0.131 e. The van der Waals surface area contributed by atoms with E-state index in [4.69, 9.17) is 9.72 Å². The van der Waals surface area contributed by atoms with Gasteiger partial charge in [-0.05, 0) is 49.6 Å². The summed E-state index contributed by atoms with van der Waals surface area (Å²) in [6.45, 7) is 10.5. The maximum atomic E-state index is 5.47. The third kappa shape index (κ3) is 3.85. The van der Waals surface area contributed by atoms with Crippen LogP contribution in [-0.2, 0) is 4.74 Å². The molecule has 3 rings (SSSR count). The van der Waals surface area contributed by atoms with Crippen LogP contribution in [0.15, 0.2) is 24.4 Å². The highest BCUT2D eigenvalue weighted by atomic mass is 16.5. The van der Waals surface area contributed by atoms with Crippen molar-refractivity contribution in [3.8, 4) is 11.1 Å². The molecule has 1 N–H and O–H groups in total. The lowest BCUT2D eigenvalue weighted by atomic mass is 10.0. The number of anilines is 2. The van der Waals surface area contributed by atoms with Crippen molar-refractivity contribution in [3.63, 3.8) is 0 Å². The molecule has 1 saturated heterocycles. The van der Waals surface area contributed by atoms with Gasteiger partial charge in [0.15, 0.2) is 0 Å². The lowest BCUT2D eigenvalue weighted by Gasteiger charge is -2.28. The predicted molar refractivity (Wildman–Crippen MR) is 98.8 cm³/mol. The van der Waals surface area contributed by atoms with Gasteiger partial charge >= 0.3 is 0 Å². The Kier molecular flexibility index (Phi) is 5.30. The Balaban J connectivity index is 2.01. The topological polar surface area (TPSA) is 50.3 Å². The van der Waals surface area contributed by atoms with Crippen LogP contribution in [0.4, 0.5) is 11.6 Å². The number of hydrogen-bond donors (Lipinski definition) is 1. The van der Waals surface area contributed by atoms with Gasteiger partial charge in [-0.3, -0.25) is 4.98 Å². The molecule has 0 aliphatic carbocycles. The summed E-state index contributed by atoms with van der Waals surface area (Å²) >= 11 is 0. The van der Waals surface area contributed by atoms with Crippen LogP contribution in [0, 0.1) is 13.8 Å². The number of rotatable bonds is 5. The zero-order valence-corrected chi connectivity index (χ0v) is 14.8. The molecule has 0 unspecified atom stereocenters. The van der Waals surface area contributed by atoms with Crippen molar-refractivity contribution in [1.29, 1.82) is 0 Å². The summed E-state index contributed by atoms with van der Waals surface area (Å²) in [5.41, 5.74) is 4.55. The first-order chi connectivity index (χ1) is 11.7. The Bertz CT molecular complexity index is 696. The largest absolute Gasteiger partial charge is 0.378 e. The zero-order valence-electron chi connectivity index (χ0n) is 14.8. The number of morpholine rings is 1. The van der Waals surface area contributed by atoms with Gasteiger partial charge in [-0.2, -0.15) is 0 Å². The number of pyridine rings is 2. The lowest BCUT2D eigenvalue weighted by Crippen LogP contribution is -2.36. The van der Waals surface area contributed by atoms with Crippen LogP contribution in [0.2, 0.25) is 0 Å². The van der Waals surface area contributed by atoms with Gasteiger partial charge in [0.2, 0.25) is 0 Å². The van der Waals surface area contributed by atoms with Gasteiger partial charge in [-0.1, -0.05) is 6.92 Å². The second-order valence-corrected chi connectivity index (χ2v) is 6.27. The van der Waals surface area contributed by atoms with Crippen molar-refractivity contribution in [2.45, 2.75) is 27.2 Å². The maximum Gasteiger partial charge on any atom is 0.131 e. The molecule has 0 amide bonds. The molecule has 0 atom stereocenters. The van der Waals surface area contributed by atoms with E-state index in [1.165, 1.54) is 16.7 Å². The van der Waals surface area contributed by atoms with Gasteiger partial charge in [-0.15, -0.1) is 0 Å². The van der Waals surface area contributed by atoms with Crippen LogP contribution in [-0.4, -0.2) is 42.8 Å². The molecule has 0 aromatic carbocycles. The Morgan fingerprint density at radius 2 is 1.96 bits per heavy atom. The molecule has 5 nitrogen and oxygen atoms in total. The third-order valence-electron chi connectivity index (χ3n) is 4.24. The summed E-state index contributed by atoms with van der Waals surface area (Å²) in [6.07, 6.45) is 2.99. The monoisotopic (exact) mass is 326 g/mol. The first-order valence-electron chi connectivity index (χ1n) is 8.69. The predicted octanol–water partition coefficient (Wildman–Crippen LogP) is 3.42. The van der Waals surface area contributed by atoms with Crippen molar-refractivity contribution in [2.24, 2.45) is 0 Å². The zero-order chi connectivity index (χ0) is 16.9. The fourth-order valence-corrected chi connectivity index (χ4v) is 2.90. The van der Waals surface area contributed by atoms with E-state index in [1.807, 2.05) is 6.20 Å². The number of aryl methyl sites for hydroxylation is 2. The number of aromatic nitrogens is 2. The first kappa shape index (κ1) is 16.7. The van der Waals surface area contributed by atoms with Gasteiger partial charge < -0.3 is 15.0 Å². The molecule has 24 heavy (non-hydrogen) atoms. The van der Waals surface area contributed by atoms with E-state index < -0.39 is 0 Å².